The van der Waals surface area contributed by atoms with E-state index in [1.807, 2.05) is 0 Å². The maximum atomic E-state index is 12.9. The number of nitrogens with one attached hydrogen (secondary N) is 1. The quantitative estimate of drug-likeness (QED) is 0.196. The molecule has 14 heteroatoms. The molecule has 5 N–H and O–H groups in total. The Hall–Kier alpha value is -3.75. The highest BCUT2D eigenvalue weighted by Gasteiger charge is 2.55. The predicted molar refractivity (Wildman–Crippen MR) is 126 cm³/mol. The first-order valence-corrected chi connectivity index (χ1v) is 13.0. The van der Waals surface area contributed by atoms with E-state index >= 15 is 0 Å². The molecule has 3 amide bonds. The van der Waals surface area contributed by atoms with Crippen LogP contribution in [0.2, 0.25) is 0 Å². The van der Waals surface area contributed by atoms with Crippen molar-refractivity contribution in [2.75, 3.05) is 5.75 Å². The molecule has 0 bridgehead atoms. The minimum absolute atomic E-state index is 0.0187. The Labute approximate surface area is 209 Å². The van der Waals surface area contributed by atoms with E-state index in [1.165, 1.54) is 48.2 Å². The molecule has 4 rings (SSSR count). The summed E-state index contributed by atoms with van der Waals surface area (Å²) in [5, 5.41) is 9.47. The van der Waals surface area contributed by atoms with Crippen molar-refractivity contribution in [1.29, 1.82) is 0 Å². The van der Waals surface area contributed by atoms with Gasteiger partial charge in [-0.3, -0.25) is 23.8 Å². The summed E-state index contributed by atoms with van der Waals surface area (Å²) in [6.07, 6.45) is 3.12. The largest absolute Gasteiger partial charge is 0.477 e. The summed E-state index contributed by atoms with van der Waals surface area (Å²) in [6.45, 7) is 0.125. The third-order valence-electron chi connectivity index (χ3n) is 5.73. The number of nitrogens with zero attached hydrogens (tertiary/aromatic N) is 2. The number of fused-ring (bicyclic) bond motifs is 1. The second-order valence-corrected chi connectivity index (χ2v) is 10.7. The third kappa shape index (κ3) is 4.82. The average Bonchev–Trinajstić information content (AvgIpc) is 2.82. The highest BCUT2D eigenvalue weighted by Crippen LogP contribution is 2.40. The summed E-state index contributed by atoms with van der Waals surface area (Å²) in [5.41, 5.74) is 5.73. The van der Waals surface area contributed by atoms with Crippen molar-refractivity contribution < 1.29 is 41.8 Å². The fraction of sp³-hybridized carbons (Fsp3) is 0.227. The van der Waals surface area contributed by atoms with E-state index in [0.717, 1.165) is 4.90 Å². The Morgan fingerprint density at radius 3 is 2.36 bits per heavy atom. The number of thioether (sulfide) groups is 1. The number of primary amides is 1. The number of pyridine rings is 1. The summed E-state index contributed by atoms with van der Waals surface area (Å²) in [6, 6.07) is 9.12. The van der Waals surface area contributed by atoms with Crippen molar-refractivity contribution >= 4 is 45.6 Å². The van der Waals surface area contributed by atoms with E-state index in [2.05, 4.69) is 5.32 Å². The van der Waals surface area contributed by atoms with Gasteiger partial charge in [-0.25, -0.2) is 9.36 Å². The van der Waals surface area contributed by atoms with E-state index in [4.69, 9.17) is 5.73 Å². The molecule has 1 aromatic carbocycles. The first-order chi connectivity index (χ1) is 17.0. The van der Waals surface area contributed by atoms with Crippen LogP contribution in [0.15, 0.2) is 66.1 Å². The zero-order chi connectivity index (χ0) is 26.2. The number of carbonyl (C=O) groups is 4. The van der Waals surface area contributed by atoms with E-state index in [1.54, 1.807) is 23.0 Å². The summed E-state index contributed by atoms with van der Waals surface area (Å²) in [7, 11) is -4.85. The highest BCUT2D eigenvalue weighted by molar-refractivity contribution is 8.00. The van der Waals surface area contributed by atoms with Crippen LogP contribution in [0, 0.1) is 0 Å². The van der Waals surface area contributed by atoms with Gasteiger partial charge >= 0.3 is 5.97 Å². The van der Waals surface area contributed by atoms with Crippen LogP contribution < -0.4 is 15.6 Å². The minimum atomic E-state index is -4.85. The molecule has 2 aromatic rings. The Morgan fingerprint density at radius 1 is 1.17 bits per heavy atom. The maximum Gasteiger partial charge on any atom is 0.352 e. The second kappa shape index (κ2) is 9.72. The number of hydrogen-bond donors (Lipinski definition) is 4. The van der Waals surface area contributed by atoms with Crippen molar-refractivity contribution in [1.82, 2.24) is 10.2 Å². The minimum Gasteiger partial charge on any atom is -0.477 e. The van der Waals surface area contributed by atoms with Gasteiger partial charge < -0.3 is 16.2 Å². The molecule has 12 nitrogen and oxygen atoms in total. The highest BCUT2D eigenvalue weighted by atomic mass is 32.2. The number of benzene rings is 1. The molecule has 0 aliphatic carbocycles. The van der Waals surface area contributed by atoms with Crippen LogP contribution in [0.1, 0.15) is 21.2 Å². The van der Waals surface area contributed by atoms with E-state index in [9.17, 15) is 37.3 Å². The second-order valence-electron chi connectivity index (χ2n) is 8.08. The lowest BCUT2D eigenvalue weighted by atomic mass is 10.0. The van der Waals surface area contributed by atoms with Crippen LogP contribution in [0.25, 0.3) is 0 Å². The third-order valence-corrected chi connectivity index (χ3v) is 8.16. The monoisotopic (exact) mass is 533 g/mol. The molecule has 1 unspecified atom stereocenters. The van der Waals surface area contributed by atoms with Crippen LogP contribution in [-0.4, -0.2) is 63.8 Å². The molecule has 2 aliphatic rings. The number of carboxylic acid groups (broad SMARTS) is 1. The lowest BCUT2D eigenvalue weighted by molar-refractivity contribution is -0.689. The lowest BCUT2D eigenvalue weighted by Gasteiger charge is -2.49. The smallest absolute Gasteiger partial charge is 0.352 e. The summed E-state index contributed by atoms with van der Waals surface area (Å²) >= 11 is 1.21. The fourth-order valence-corrected chi connectivity index (χ4v) is 6.24. The first kappa shape index (κ1) is 25.3. The number of carbonyl (C=O) groups excluding carboxylic acids is 3. The number of hydrogen-bond acceptors (Lipinski definition) is 7. The topological polar surface area (TPSA) is 188 Å². The molecule has 0 radical (unpaired) electrons. The van der Waals surface area contributed by atoms with Gasteiger partial charge in [0.1, 0.15) is 17.1 Å². The van der Waals surface area contributed by atoms with E-state index in [0.29, 0.717) is 5.57 Å². The van der Waals surface area contributed by atoms with Crippen LogP contribution in [0.5, 0.6) is 0 Å². The number of amides is 3. The number of aliphatic carboxylic acids is 1. The number of carboxylic acids is 1. The lowest BCUT2D eigenvalue weighted by Crippen LogP contribution is -2.71. The molecule has 3 heterocycles. The Bertz CT molecular complexity index is 1380. The van der Waals surface area contributed by atoms with Crippen LogP contribution >= 0.6 is 11.8 Å². The first-order valence-electron chi connectivity index (χ1n) is 10.5. The summed E-state index contributed by atoms with van der Waals surface area (Å²) in [5.74, 6) is -3.53. The van der Waals surface area contributed by atoms with Crippen LogP contribution in [0.4, 0.5) is 0 Å². The molecule has 188 valence electrons. The summed E-state index contributed by atoms with van der Waals surface area (Å²) < 4.78 is 35.1. The zero-order valence-corrected chi connectivity index (χ0v) is 20.1. The summed E-state index contributed by atoms with van der Waals surface area (Å²) in [4.78, 5) is 50.1. The van der Waals surface area contributed by atoms with E-state index in [-0.39, 0.29) is 29.1 Å². The zero-order valence-electron chi connectivity index (χ0n) is 18.5. The molecule has 1 aromatic heterocycles. The number of rotatable bonds is 8. The SMILES string of the molecule is NC(=O)c1cc[n+](CC2=C(C(=O)O)N3C(=O)C(NC(=O)[C@@H](c4ccccc4)S(=O)(=O)O)[C@H]3SC2)cc1. The molecular weight excluding hydrogens is 512 g/mol. The Morgan fingerprint density at radius 2 is 1.81 bits per heavy atom. The van der Waals surface area contributed by atoms with Crippen LogP contribution in [0.3, 0.4) is 0 Å². The molecule has 1 fully saturated rings. The van der Waals surface area contributed by atoms with Crippen molar-refractivity contribution in [2.24, 2.45) is 5.73 Å². The van der Waals surface area contributed by atoms with Crippen LogP contribution in [-0.2, 0) is 31.0 Å². The standard InChI is InChI=1S/C22H20N4O8S2/c23-18(27)13-6-8-25(9-7-13)10-14-11-35-21-15(20(29)26(21)16(14)22(30)31)24-19(28)17(36(32,33)34)12-4-2-1-3-5-12/h1-9,15,17,21H,10-11H2,(H4-,23,24,27,28,30,31,32,33,34)/p+1/t15?,17-,21-/m1/s1. The molecule has 2 aliphatic heterocycles. The van der Waals surface area contributed by atoms with Crippen molar-refractivity contribution in [3.8, 4) is 0 Å². The molecule has 36 heavy (non-hydrogen) atoms. The maximum absolute atomic E-state index is 12.9. The van der Waals surface area contributed by atoms with Gasteiger partial charge in [-0.05, 0) is 5.56 Å². The van der Waals surface area contributed by atoms with Gasteiger partial charge in [0.2, 0.25) is 11.8 Å². The predicted octanol–water partition coefficient (Wildman–Crippen LogP) is -0.559. The molecule has 0 saturated carbocycles. The molecule has 1 saturated heterocycles. The normalized spacial score (nSPS) is 20.2. The van der Waals surface area contributed by atoms with Gasteiger partial charge in [0.05, 0.1) is 5.56 Å². The van der Waals surface area contributed by atoms with Gasteiger partial charge in [0, 0.05) is 23.5 Å². The van der Waals surface area contributed by atoms with Crippen molar-refractivity contribution in [3.05, 3.63) is 77.3 Å². The average molecular weight is 534 g/mol. The molecule has 3 atom stereocenters. The fourth-order valence-electron chi connectivity index (χ4n) is 4.07. The molecular formula is C22H21N4O8S2+. The van der Waals surface area contributed by atoms with Gasteiger partial charge in [-0.1, -0.05) is 30.3 Å². The van der Waals surface area contributed by atoms with Gasteiger partial charge in [-0.2, -0.15) is 8.42 Å². The number of nitrogens with two attached hydrogens (primary N) is 1. The van der Waals surface area contributed by atoms with Gasteiger partial charge in [-0.15, -0.1) is 11.8 Å². The number of β-lactam (4-membered cyclic amide) rings is 1. The van der Waals surface area contributed by atoms with Crippen molar-refractivity contribution in [2.45, 2.75) is 23.2 Å². The number of aromatic nitrogens is 1. The van der Waals surface area contributed by atoms with E-state index < -0.39 is 50.5 Å². The van der Waals surface area contributed by atoms with Crippen molar-refractivity contribution in [3.63, 3.8) is 0 Å². The van der Waals surface area contributed by atoms with Gasteiger partial charge in [0.25, 0.3) is 16.0 Å². The Balaban J connectivity index is 1.54. The molecule has 0 spiro atoms. The Kier molecular flexibility index (Phi) is 6.84. The van der Waals surface area contributed by atoms with Gasteiger partial charge in [0.15, 0.2) is 24.2 Å².